The Kier molecular flexibility index (Phi) is 35.1. The van der Waals surface area contributed by atoms with Crippen LogP contribution in [0.3, 0.4) is 0 Å². The third-order valence-electron chi connectivity index (χ3n) is 3.12. The minimum absolute atomic E-state index is 0. The molecule has 0 spiro atoms. The average molecular weight is 354 g/mol. The predicted octanol–water partition coefficient (Wildman–Crippen LogP) is 6.57. The minimum atomic E-state index is 0. The van der Waals surface area contributed by atoms with E-state index in [1.165, 1.54) is 77.0 Å². The zero-order chi connectivity index (χ0) is 14.6. The SMILES string of the molecule is Br.CCC.CCCCCCCCCCCCCCON. The van der Waals surface area contributed by atoms with E-state index in [-0.39, 0.29) is 17.0 Å². The first kappa shape index (κ1) is 25.4. The van der Waals surface area contributed by atoms with Gasteiger partial charge in [-0.1, -0.05) is 97.8 Å². The second-order valence-electron chi connectivity index (χ2n) is 5.47. The van der Waals surface area contributed by atoms with E-state index in [2.05, 4.69) is 25.6 Å². The van der Waals surface area contributed by atoms with Gasteiger partial charge in [-0.2, -0.15) is 0 Å². The van der Waals surface area contributed by atoms with Gasteiger partial charge in [-0.25, -0.2) is 5.90 Å². The van der Waals surface area contributed by atoms with Crippen LogP contribution in [-0.2, 0) is 4.84 Å². The molecule has 0 fully saturated rings. The number of unbranched alkanes of at least 4 members (excludes halogenated alkanes) is 11. The lowest BCUT2D eigenvalue weighted by molar-refractivity contribution is 0.133. The topological polar surface area (TPSA) is 35.2 Å². The van der Waals surface area contributed by atoms with Crippen LogP contribution in [0.25, 0.3) is 0 Å². The number of rotatable bonds is 13. The summed E-state index contributed by atoms with van der Waals surface area (Å²) in [5, 5.41) is 0. The molecule has 0 aromatic rings. The van der Waals surface area contributed by atoms with Crippen LogP contribution in [0.15, 0.2) is 0 Å². The van der Waals surface area contributed by atoms with Gasteiger partial charge in [0.05, 0.1) is 6.61 Å². The molecular weight excluding hydrogens is 314 g/mol. The summed E-state index contributed by atoms with van der Waals surface area (Å²) in [5.41, 5.74) is 0. The Morgan fingerprint density at radius 2 is 0.900 bits per heavy atom. The molecule has 2 N–H and O–H groups in total. The Hall–Kier alpha value is 0.400. The lowest BCUT2D eigenvalue weighted by atomic mass is 10.1. The number of hydrogen-bond donors (Lipinski definition) is 1. The van der Waals surface area contributed by atoms with Crippen molar-refractivity contribution in [1.29, 1.82) is 0 Å². The van der Waals surface area contributed by atoms with Crippen LogP contribution in [-0.4, -0.2) is 6.61 Å². The summed E-state index contributed by atoms with van der Waals surface area (Å²) in [6, 6.07) is 0. The Balaban J connectivity index is -0.000000657. The maximum atomic E-state index is 4.96. The lowest BCUT2D eigenvalue weighted by Crippen LogP contribution is -2.00. The van der Waals surface area contributed by atoms with Gasteiger partial charge >= 0.3 is 0 Å². The van der Waals surface area contributed by atoms with Crippen molar-refractivity contribution in [2.45, 2.75) is 104 Å². The average Bonchev–Trinajstić information content (AvgIpc) is 2.41. The third kappa shape index (κ3) is 31.0. The van der Waals surface area contributed by atoms with Crippen molar-refractivity contribution in [3.63, 3.8) is 0 Å². The van der Waals surface area contributed by atoms with Crippen LogP contribution in [0.5, 0.6) is 0 Å². The van der Waals surface area contributed by atoms with Crippen molar-refractivity contribution < 1.29 is 4.84 Å². The van der Waals surface area contributed by atoms with Gasteiger partial charge in [0, 0.05) is 0 Å². The zero-order valence-electron chi connectivity index (χ0n) is 14.3. The van der Waals surface area contributed by atoms with Crippen LogP contribution in [0.1, 0.15) is 104 Å². The highest BCUT2D eigenvalue weighted by molar-refractivity contribution is 8.93. The molecule has 0 aliphatic heterocycles. The minimum Gasteiger partial charge on any atom is -0.305 e. The fraction of sp³-hybridized carbons (Fsp3) is 1.00. The lowest BCUT2D eigenvalue weighted by Gasteiger charge is -2.02. The molecule has 20 heavy (non-hydrogen) atoms. The summed E-state index contributed by atoms with van der Waals surface area (Å²) in [6.07, 6.45) is 17.8. The molecule has 0 aliphatic rings. The van der Waals surface area contributed by atoms with Gasteiger partial charge < -0.3 is 4.84 Å². The van der Waals surface area contributed by atoms with Crippen molar-refractivity contribution in [3.05, 3.63) is 0 Å². The van der Waals surface area contributed by atoms with Gasteiger partial charge in [-0.05, 0) is 6.42 Å². The molecule has 0 unspecified atom stereocenters. The summed E-state index contributed by atoms with van der Waals surface area (Å²) >= 11 is 0. The van der Waals surface area contributed by atoms with E-state index >= 15 is 0 Å². The molecule has 0 radical (unpaired) electrons. The molecule has 0 heterocycles. The highest BCUT2D eigenvalue weighted by Gasteiger charge is 1.93. The number of halogens is 1. The first-order valence-corrected chi connectivity index (χ1v) is 8.65. The molecule has 3 heteroatoms. The highest BCUT2D eigenvalue weighted by atomic mass is 79.9. The van der Waals surface area contributed by atoms with Crippen LogP contribution < -0.4 is 5.90 Å². The van der Waals surface area contributed by atoms with E-state index in [0.29, 0.717) is 0 Å². The van der Waals surface area contributed by atoms with Crippen molar-refractivity contribution in [3.8, 4) is 0 Å². The highest BCUT2D eigenvalue weighted by Crippen LogP contribution is 2.11. The molecule has 0 rings (SSSR count). The number of nitrogens with two attached hydrogens (primary N) is 1. The Labute approximate surface area is 139 Å². The summed E-state index contributed by atoms with van der Waals surface area (Å²) in [7, 11) is 0. The van der Waals surface area contributed by atoms with Gasteiger partial charge in [0.1, 0.15) is 0 Å². The van der Waals surface area contributed by atoms with Gasteiger partial charge in [0.25, 0.3) is 0 Å². The first-order chi connectivity index (χ1) is 9.33. The van der Waals surface area contributed by atoms with E-state index in [0.717, 1.165) is 13.0 Å². The fourth-order valence-corrected chi connectivity index (χ4v) is 2.03. The van der Waals surface area contributed by atoms with Crippen LogP contribution in [0.2, 0.25) is 0 Å². The van der Waals surface area contributed by atoms with Gasteiger partial charge in [-0.15, -0.1) is 17.0 Å². The second kappa shape index (κ2) is 27.7. The Morgan fingerprint density at radius 3 is 1.20 bits per heavy atom. The molecule has 0 saturated heterocycles. The maximum Gasteiger partial charge on any atom is 0.0679 e. The van der Waals surface area contributed by atoms with E-state index in [1.807, 2.05) is 0 Å². The van der Waals surface area contributed by atoms with Gasteiger partial charge in [0.15, 0.2) is 0 Å². The van der Waals surface area contributed by atoms with Crippen molar-refractivity contribution in [2.75, 3.05) is 6.61 Å². The summed E-state index contributed by atoms with van der Waals surface area (Å²) in [6.45, 7) is 7.24. The van der Waals surface area contributed by atoms with Gasteiger partial charge in [-0.3, -0.25) is 0 Å². The van der Waals surface area contributed by atoms with E-state index in [4.69, 9.17) is 5.90 Å². The molecule has 126 valence electrons. The van der Waals surface area contributed by atoms with E-state index in [1.54, 1.807) is 0 Å². The molecule has 0 aliphatic carbocycles. The van der Waals surface area contributed by atoms with E-state index < -0.39 is 0 Å². The van der Waals surface area contributed by atoms with Crippen molar-refractivity contribution >= 4 is 17.0 Å². The molecule has 0 aromatic heterocycles. The molecule has 2 nitrogen and oxygen atoms in total. The Morgan fingerprint density at radius 1 is 0.600 bits per heavy atom. The zero-order valence-corrected chi connectivity index (χ0v) is 16.0. The smallest absolute Gasteiger partial charge is 0.0679 e. The predicted molar refractivity (Wildman–Crippen MR) is 97.5 cm³/mol. The fourth-order valence-electron chi connectivity index (χ4n) is 2.03. The first-order valence-electron chi connectivity index (χ1n) is 8.65. The monoisotopic (exact) mass is 353 g/mol. The maximum absolute atomic E-state index is 4.96. The molecule has 0 amide bonds. The summed E-state index contributed by atoms with van der Waals surface area (Å²) < 4.78 is 0. The second-order valence-corrected chi connectivity index (χ2v) is 5.47. The standard InChI is InChI=1S/C14H31NO.C3H8.BrH/c1-2-3-4-5-6-7-8-9-10-11-12-13-14-16-15;1-3-2;/h2-15H2,1H3;3H2,1-2H3;1H. The summed E-state index contributed by atoms with van der Waals surface area (Å²) in [5.74, 6) is 4.96. The summed E-state index contributed by atoms with van der Waals surface area (Å²) in [4.78, 5) is 4.53. The Bertz CT molecular complexity index is 120. The molecule has 0 atom stereocenters. The van der Waals surface area contributed by atoms with Crippen molar-refractivity contribution in [1.82, 2.24) is 0 Å². The third-order valence-corrected chi connectivity index (χ3v) is 3.12. The molecular formula is C17H40BrNO. The van der Waals surface area contributed by atoms with Crippen LogP contribution in [0.4, 0.5) is 0 Å². The number of hydrogen-bond acceptors (Lipinski definition) is 2. The van der Waals surface area contributed by atoms with Crippen molar-refractivity contribution in [2.24, 2.45) is 5.90 Å². The van der Waals surface area contributed by atoms with E-state index in [9.17, 15) is 0 Å². The molecule has 0 saturated carbocycles. The molecule has 0 bridgehead atoms. The van der Waals surface area contributed by atoms with Gasteiger partial charge in [0.2, 0.25) is 0 Å². The van der Waals surface area contributed by atoms with Crippen LogP contribution in [0, 0.1) is 0 Å². The normalized spacial score (nSPS) is 9.60. The van der Waals surface area contributed by atoms with Crippen LogP contribution >= 0.6 is 17.0 Å². The quantitative estimate of drug-likeness (QED) is 0.300. The molecule has 0 aromatic carbocycles. The largest absolute Gasteiger partial charge is 0.305 e.